The molecule has 1 aliphatic rings. The summed E-state index contributed by atoms with van der Waals surface area (Å²) in [7, 11) is 0. The maximum Gasteiger partial charge on any atom is 0.270 e. The lowest BCUT2D eigenvalue weighted by atomic mass is 10.1. The zero-order valence-electron chi connectivity index (χ0n) is 18.1. The van der Waals surface area contributed by atoms with Gasteiger partial charge in [0, 0.05) is 34.9 Å². The van der Waals surface area contributed by atoms with Crippen LogP contribution in [0, 0.1) is 10.1 Å². The number of amidine groups is 1. The first-order valence-corrected chi connectivity index (χ1v) is 12.0. The summed E-state index contributed by atoms with van der Waals surface area (Å²) in [5.74, 6) is 0.839. The number of benzene rings is 2. The zero-order chi connectivity index (χ0) is 24.1. The van der Waals surface area contributed by atoms with Gasteiger partial charge in [-0.2, -0.15) is 0 Å². The van der Waals surface area contributed by atoms with Gasteiger partial charge in [-0.1, -0.05) is 18.2 Å². The van der Waals surface area contributed by atoms with E-state index in [1.165, 1.54) is 23.9 Å². The van der Waals surface area contributed by atoms with Crippen LogP contribution in [0.5, 0.6) is 0 Å². The number of halogens is 1. The van der Waals surface area contributed by atoms with Crippen LogP contribution in [0.2, 0.25) is 0 Å². The van der Waals surface area contributed by atoms with Crippen molar-refractivity contribution >= 4 is 56.2 Å². The van der Waals surface area contributed by atoms with Crippen molar-refractivity contribution in [1.29, 1.82) is 0 Å². The Morgan fingerprint density at radius 2 is 2.00 bits per heavy atom. The van der Waals surface area contributed by atoms with Gasteiger partial charge in [-0.3, -0.25) is 19.8 Å². The van der Waals surface area contributed by atoms with Crippen molar-refractivity contribution in [2.75, 3.05) is 19.8 Å². The van der Waals surface area contributed by atoms with Gasteiger partial charge < -0.3 is 9.15 Å². The lowest BCUT2D eigenvalue weighted by molar-refractivity contribution is -0.384. The van der Waals surface area contributed by atoms with Gasteiger partial charge in [-0.05, 0) is 64.9 Å². The number of rotatable bonds is 8. The number of amides is 1. The van der Waals surface area contributed by atoms with E-state index in [0.29, 0.717) is 51.4 Å². The molecule has 0 radical (unpaired) electrons. The molecule has 2 heterocycles. The molecule has 0 unspecified atom stereocenters. The number of nitro benzene ring substituents is 1. The van der Waals surface area contributed by atoms with Crippen molar-refractivity contribution in [1.82, 2.24) is 4.90 Å². The zero-order valence-corrected chi connectivity index (χ0v) is 20.5. The molecule has 174 valence electrons. The molecule has 0 saturated carbocycles. The normalized spacial score (nSPS) is 16.1. The van der Waals surface area contributed by atoms with Gasteiger partial charge in [0.15, 0.2) is 5.17 Å². The van der Waals surface area contributed by atoms with E-state index in [0.717, 1.165) is 5.69 Å². The van der Waals surface area contributed by atoms with Crippen molar-refractivity contribution in [3.63, 3.8) is 0 Å². The SMILES string of the molecule is CCOCCN1C(=O)/C(=C\c2ccc(-c3ccc([N+](=O)[O-])cc3Br)o2)SC1=Nc1ccccc1. The molecule has 0 atom stereocenters. The van der Waals surface area contributed by atoms with Crippen LogP contribution < -0.4 is 0 Å². The molecule has 1 fully saturated rings. The maximum absolute atomic E-state index is 13.1. The van der Waals surface area contributed by atoms with E-state index in [-0.39, 0.29) is 11.6 Å². The summed E-state index contributed by atoms with van der Waals surface area (Å²) in [6.45, 7) is 3.27. The fourth-order valence-electron chi connectivity index (χ4n) is 3.22. The van der Waals surface area contributed by atoms with E-state index in [4.69, 9.17) is 9.15 Å². The summed E-state index contributed by atoms with van der Waals surface area (Å²) in [5, 5.41) is 11.6. The van der Waals surface area contributed by atoms with Crippen molar-refractivity contribution in [3.8, 4) is 11.3 Å². The summed E-state index contributed by atoms with van der Waals surface area (Å²) in [6.07, 6.45) is 1.68. The van der Waals surface area contributed by atoms with Gasteiger partial charge in [0.25, 0.3) is 11.6 Å². The van der Waals surface area contributed by atoms with Gasteiger partial charge in [-0.25, -0.2) is 4.99 Å². The second-order valence-corrected chi connectivity index (χ2v) is 8.98. The predicted molar refractivity (Wildman–Crippen MR) is 136 cm³/mol. The molecule has 0 spiro atoms. The molecule has 4 rings (SSSR count). The summed E-state index contributed by atoms with van der Waals surface area (Å²) in [5.41, 5.74) is 1.41. The first-order chi connectivity index (χ1) is 16.5. The molecule has 0 bridgehead atoms. The lowest BCUT2D eigenvalue weighted by Crippen LogP contribution is -2.32. The largest absolute Gasteiger partial charge is 0.457 e. The van der Waals surface area contributed by atoms with Crippen LogP contribution in [0.1, 0.15) is 12.7 Å². The smallest absolute Gasteiger partial charge is 0.270 e. The molecule has 0 aliphatic carbocycles. The third kappa shape index (κ3) is 5.46. The second-order valence-electron chi connectivity index (χ2n) is 7.12. The quantitative estimate of drug-likeness (QED) is 0.144. The molecule has 3 aromatic rings. The van der Waals surface area contributed by atoms with E-state index in [2.05, 4.69) is 20.9 Å². The molecule has 10 heteroatoms. The number of carbonyl (C=O) groups is 1. The number of nitro groups is 1. The number of hydrogen-bond donors (Lipinski definition) is 0. The Balaban J connectivity index is 1.60. The number of nitrogens with zero attached hydrogens (tertiary/aromatic N) is 3. The van der Waals surface area contributed by atoms with Crippen LogP contribution in [0.4, 0.5) is 11.4 Å². The van der Waals surface area contributed by atoms with Gasteiger partial charge in [0.05, 0.1) is 28.7 Å². The number of thioether (sulfide) groups is 1. The molecule has 8 nitrogen and oxygen atoms in total. The Morgan fingerprint density at radius 3 is 2.71 bits per heavy atom. The second kappa shape index (κ2) is 10.8. The minimum absolute atomic E-state index is 0.0187. The number of non-ortho nitro benzene ring substituents is 1. The van der Waals surface area contributed by atoms with Crippen molar-refractivity contribution < 1.29 is 18.9 Å². The first kappa shape index (κ1) is 23.9. The highest BCUT2D eigenvalue weighted by Gasteiger charge is 2.33. The molecule has 0 N–H and O–H groups in total. The Hall–Kier alpha value is -3.21. The Labute approximate surface area is 208 Å². The summed E-state index contributed by atoms with van der Waals surface area (Å²) >= 11 is 4.64. The fourth-order valence-corrected chi connectivity index (χ4v) is 4.79. The minimum Gasteiger partial charge on any atom is -0.457 e. The number of carbonyl (C=O) groups excluding carboxylic acids is 1. The number of para-hydroxylation sites is 1. The molecular formula is C24H20BrN3O5S. The van der Waals surface area contributed by atoms with Crippen LogP contribution >= 0.6 is 27.7 Å². The van der Waals surface area contributed by atoms with Crippen molar-refractivity contribution in [2.45, 2.75) is 6.92 Å². The van der Waals surface area contributed by atoms with E-state index in [9.17, 15) is 14.9 Å². The predicted octanol–water partition coefficient (Wildman–Crippen LogP) is 6.26. The molecule has 34 heavy (non-hydrogen) atoms. The van der Waals surface area contributed by atoms with E-state index >= 15 is 0 Å². The number of furan rings is 1. The molecule has 1 saturated heterocycles. The fraction of sp³-hybridized carbons (Fsp3) is 0.167. The van der Waals surface area contributed by atoms with Gasteiger partial charge in [-0.15, -0.1) is 0 Å². The third-order valence-electron chi connectivity index (χ3n) is 4.86. The van der Waals surface area contributed by atoms with Crippen LogP contribution in [-0.4, -0.2) is 40.7 Å². The number of aliphatic imine (C=N–C) groups is 1. The van der Waals surface area contributed by atoms with Crippen LogP contribution in [0.25, 0.3) is 17.4 Å². The average molecular weight is 542 g/mol. The maximum atomic E-state index is 13.1. The Morgan fingerprint density at radius 1 is 1.21 bits per heavy atom. The molecule has 1 aromatic heterocycles. The molecule has 1 aliphatic heterocycles. The van der Waals surface area contributed by atoms with Crippen molar-refractivity contribution in [2.24, 2.45) is 4.99 Å². The summed E-state index contributed by atoms with van der Waals surface area (Å²) < 4.78 is 11.9. The molecule has 2 aromatic carbocycles. The van der Waals surface area contributed by atoms with Crippen molar-refractivity contribution in [3.05, 3.63) is 85.9 Å². The van der Waals surface area contributed by atoms with Gasteiger partial charge in [0.1, 0.15) is 11.5 Å². The van der Waals surface area contributed by atoms with Crippen LogP contribution in [-0.2, 0) is 9.53 Å². The summed E-state index contributed by atoms with van der Waals surface area (Å²) in [4.78, 5) is 30.4. The average Bonchev–Trinajstić information content (AvgIpc) is 3.40. The van der Waals surface area contributed by atoms with E-state index in [1.807, 2.05) is 37.3 Å². The highest BCUT2D eigenvalue weighted by atomic mass is 79.9. The first-order valence-electron chi connectivity index (χ1n) is 10.4. The third-order valence-corrected chi connectivity index (χ3v) is 6.52. The topological polar surface area (TPSA) is 98.2 Å². The number of hydrogen-bond acceptors (Lipinski definition) is 7. The minimum atomic E-state index is -0.457. The van der Waals surface area contributed by atoms with Crippen LogP contribution in [0.3, 0.4) is 0 Å². The molecular weight excluding hydrogens is 522 g/mol. The Bertz CT molecular complexity index is 1270. The monoisotopic (exact) mass is 541 g/mol. The Kier molecular flexibility index (Phi) is 7.61. The van der Waals surface area contributed by atoms with E-state index < -0.39 is 4.92 Å². The van der Waals surface area contributed by atoms with Gasteiger partial charge in [0.2, 0.25) is 0 Å². The molecule has 1 amide bonds. The number of ether oxygens (including phenoxy) is 1. The highest BCUT2D eigenvalue weighted by molar-refractivity contribution is 9.10. The standard InChI is InChI=1S/C24H20BrN3O5S/c1-2-32-13-12-27-23(29)22(34-24(27)26-16-6-4-3-5-7-16)15-18-9-11-21(33-18)19-10-8-17(28(30)31)14-20(19)25/h3-11,14-15H,2,12-13H2,1H3/b22-15+,26-24?. The van der Waals surface area contributed by atoms with Gasteiger partial charge >= 0.3 is 0 Å². The lowest BCUT2D eigenvalue weighted by Gasteiger charge is -2.15. The highest BCUT2D eigenvalue weighted by Crippen LogP contribution is 2.36. The summed E-state index contributed by atoms with van der Waals surface area (Å²) in [6, 6.07) is 17.4. The van der Waals surface area contributed by atoms with Crippen LogP contribution in [0.15, 0.2) is 79.5 Å². The van der Waals surface area contributed by atoms with E-state index in [1.54, 1.807) is 29.2 Å².